The average molecular weight is 284 g/mol. The van der Waals surface area contributed by atoms with Crippen LogP contribution in [0.15, 0.2) is 41.0 Å². The van der Waals surface area contributed by atoms with E-state index in [1.54, 1.807) is 6.26 Å². The lowest BCUT2D eigenvalue weighted by Crippen LogP contribution is -2.27. The monoisotopic (exact) mass is 284 g/mol. The molecule has 1 saturated carbocycles. The Morgan fingerprint density at radius 2 is 2.14 bits per heavy atom. The molecule has 1 aromatic carbocycles. The van der Waals surface area contributed by atoms with Crippen LogP contribution in [-0.2, 0) is 13.0 Å². The highest BCUT2D eigenvalue weighted by atomic mass is 16.3. The number of furan rings is 1. The van der Waals surface area contributed by atoms with Crippen molar-refractivity contribution in [1.82, 2.24) is 0 Å². The molecule has 1 atom stereocenters. The van der Waals surface area contributed by atoms with Crippen molar-refractivity contribution in [3.8, 4) is 0 Å². The topological polar surface area (TPSA) is 42.4 Å². The fourth-order valence-electron chi connectivity index (χ4n) is 2.87. The van der Waals surface area contributed by atoms with E-state index in [1.807, 2.05) is 6.07 Å². The van der Waals surface area contributed by atoms with E-state index in [2.05, 4.69) is 43.0 Å². The highest BCUT2D eigenvalue weighted by Gasteiger charge is 2.31. The largest absolute Gasteiger partial charge is 0.467 e. The van der Waals surface area contributed by atoms with Gasteiger partial charge in [-0.3, -0.25) is 0 Å². The third-order valence-electron chi connectivity index (χ3n) is 3.98. The molecule has 0 spiro atoms. The van der Waals surface area contributed by atoms with Crippen LogP contribution in [0.25, 0.3) is 0 Å². The number of aryl methyl sites for hydroxylation is 1. The first kappa shape index (κ1) is 14.2. The molecule has 2 N–H and O–H groups in total. The summed E-state index contributed by atoms with van der Waals surface area (Å²) < 4.78 is 5.54. The van der Waals surface area contributed by atoms with Crippen LogP contribution in [0.4, 0.5) is 5.69 Å². The van der Waals surface area contributed by atoms with Gasteiger partial charge in [0.25, 0.3) is 0 Å². The summed E-state index contributed by atoms with van der Waals surface area (Å²) in [4.78, 5) is 2.48. The molecule has 112 valence electrons. The fourth-order valence-corrected chi connectivity index (χ4v) is 2.87. The molecular formula is C18H24N2O. The van der Waals surface area contributed by atoms with Crippen LogP contribution < -0.4 is 10.6 Å². The third-order valence-corrected chi connectivity index (χ3v) is 3.98. The first-order chi connectivity index (χ1) is 10.1. The van der Waals surface area contributed by atoms with Crippen molar-refractivity contribution in [2.24, 2.45) is 5.73 Å². The molecule has 1 unspecified atom stereocenters. The van der Waals surface area contributed by atoms with Crippen LogP contribution >= 0.6 is 0 Å². The molecule has 0 saturated heterocycles. The second-order valence-electron chi connectivity index (χ2n) is 6.25. The molecule has 0 aliphatic heterocycles. The van der Waals surface area contributed by atoms with Crippen LogP contribution in [0.5, 0.6) is 0 Å². The summed E-state index contributed by atoms with van der Waals surface area (Å²) in [7, 11) is 0. The van der Waals surface area contributed by atoms with E-state index in [-0.39, 0.29) is 6.04 Å². The molecule has 0 bridgehead atoms. The van der Waals surface area contributed by atoms with Crippen molar-refractivity contribution in [3.05, 3.63) is 53.5 Å². The summed E-state index contributed by atoms with van der Waals surface area (Å²) in [5.41, 5.74) is 10.00. The lowest BCUT2D eigenvalue weighted by atomic mass is 10.0. The van der Waals surface area contributed by atoms with E-state index < -0.39 is 0 Å². The molecule has 2 aromatic rings. The second kappa shape index (κ2) is 5.94. The van der Waals surface area contributed by atoms with Crippen LogP contribution in [0.3, 0.4) is 0 Å². The summed E-state index contributed by atoms with van der Waals surface area (Å²) in [6.07, 6.45) is 5.20. The number of nitrogens with zero attached hydrogens (tertiary/aromatic N) is 1. The Balaban J connectivity index is 1.91. The van der Waals surface area contributed by atoms with Gasteiger partial charge in [-0.05, 0) is 56.9 Å². The predicted octanol–water partition coefficient (Wildman–Crippen LogP) is 3.65. The van der Waals surface area contributed by atoms with Crippen LogP contribution in [0.1, 0.15) is 36.7 Å². The summed E-state index contributed by atoms with van der Waals surface area (Å²) in [5.74, 6) is 1.02. The van der Waals surface area contributed by atoms with Gasteiger partial charge in [-0.15, -0.1) is 0 Å². The van der Waals surface area contributed by atoms with Crippen molar-refractivity contribution in [2.75, 3.05) is 4.90 Å². The Kier molecular flexibility index (Phi) is 4.02. The third kappa shape index (κ3) is 3.48. The van der Waals surface area contributed by atoms with E-state index in [0.717, 1.165) is 18.7 Å². The fraction of sp³-hybridized carbons (Fsp3) is 0.444. The van der Waals surface area contributed by atoms with Crippen LogP contribution in [0, 0.1) is 6.92 Å². The van der Waals surface area contributed by atoms with Gasteiger partial charge < -0.3 is 15.1 Å². The average Bonchev–Trinajstić information content (AvgIpc) is 3.14. The van der Waals surface area contributed by atoms with Crippen molar-refractivity contribution in [2.45, 2.75) is 51.7 Å². The Labute approximate surface area is 126 Å². The van der Waals surface area contributed by atoms with Crippen LogP contribution in [0.2, 0.25) is 0 Å². The van der Waals surface area contributed by atoms with Gasteiger partial charge in [0.15, 0.2) is 0 Å². The highest BCUT2D eigenvalue weighted by Crippen LogP contribution is 2.35. The minimum Gasteiger partial charge on any atom is -0.467 e. The van der Waals surface area contributed by atoms with Crippen molar-refractivity contribution < 1.29 is 4.42 Å². The molecule has 1 aliphatic carbocycles. The summed E-state index contributed by atoms with van der Waals surface area (Å²) in [6, 6.07) is 11.5. The van der Waals surface area contributed by atoms with Gasteiger partial charge >= 0.3 is 0 Å². The zero-order chi connectivity index (χ0) is 14.8. The van der Waals surface area contributed by atoms with E-state index in [4.69, 9.17) is 10.2 Å². The Bertz CT molecular complexity index is 585. The van der Waals surface area contributed by atoms with Crippen molar-refractivity contribution in [3.63, 3.8) is 0 Å². The number of anilines is 1. The number of hydrogen-bond donors (Lipinski definition) is 1. The Morgan fingerprint density at radius 1 is 1.33 bits per heavy atom. The second-order valence-corrected chi connectivity index (χ2v) is 6.25. The van der Waals surface area contributed by atoms with E-state index in [9.17, 15) is 0 Å². The number of hydrogen-bond acceptors (Lipinski definition) is 3. The first-order valence-corrected chi connectivity index (χ1v) is 7.77. The van der Waals surface area contributed by atoms with E-state index >= 15 is 0 Å². The number of benzene rings is 1. The lowest BCUT2D eigenvalue weighted by molar-refractivity contribution is 0.501. The van der Waals surface area contributed by atoms with Gasteiger partial charge in [0.1, 0.15) is 5.76 Å². The number of rotatable bonds is 6. The summed E-state index contributed by atoms with van der Waals surface area (Å²) >= 11 is 0. The maximum atomic E-state index is 6.03. The molecule has 0 amide bonds. The van der Waals surface area contributed by atoms with Gasteiger partial charge in [-0.25, -0.2) is 0 Å². The normalized spacial score (nSPS) is 16.0. The molecule has 1 aromatic heterocycles. The maximum Gasteiger partial charge on any atom is 0.123 e. The quantitative estimate of drug-likeness (QED) is 0.880. The molecule has 3 rings (SSSR count). The van der Waals surface area contributed by atoms with Gasteiger partial charge in [0, 0.05) is 17.8 Å². The maximum absolute atomic E-state index is 6.03. The first-order valence-electron chi connectivity index (χ1n) is 7.77. The molecule has 0 radical (unpaired) electrons. The summed E-state index contributed by atoms with van der Waals surface area (Å²) in [6.45, 7) is 5.05. The molecule has 1 aliphatic rings. The molecule has 1 fully saturated rings. The minimum absolute atomic E-state index is 0.176. The molecule has 21 heavy (non-hydrogen) atoms. The zero-order valence-corrected chi connectivity index (χ0v) is 12.9. The lowest BCUT2D eigenvalue weighted by Gasteiger charge is -2.27. The Hall–Kier alpha value is -1.74. The van der Waals surface area contributed by atoms with Gasteiger partial charge in [-0.1, -0.05) is 17.7 Å². The Morgan fingerprint density at radius 3 is 2.76 bits per heavy atom. The SMILES string of the molecule is Cc1ccc(N(Cc2ccco2)C2CC2)c(CC(C)N)c1. The van der Waals surface area contributed by atoms with Crippen molar-refractivity contribution in [1.29, 1.82) is 0 Å². The predicted molar refractivity (Wildman–Crippen MR) is 86.4 cm³/mol. The van der Waals surface area contributed by atoms with Crippen molar-refractivity contribution >= 4 is 5.69 Å². The highest BCUT2D eigenvalue weighted by molar-refractivity contribution is 5.57. The number of nitrogens with two attached hydrogens (primary N) is 1. The smallest absolute Gasteiger partial charge is 0.123 e. The molecular weight excluding hydrogens is 260 g/mol. The molecule has 3 heteroatoms. The standard InChI is InChI=1S/C18H24N2O/c1-13-5-8-18(15(10-13)11-14(2)19)20(16-6-7-16)12-17-4-3-9-21-17/h3-5,8-10,14,16H,6-7,11-12,19H2,1-2H3. The van der Waals surface area contributed by atoms with E-state index in [1.165, 1.54) is 29.7 Å². The minimum atomic E-state index is 0.176. The van der Waals surface area contributed by atoms with Crippen LogP contribution in [-0.4, -0.2) is 12.1 Å². The molecule has 1 heterocycles. The van der Waals surface area contributed by atoms with Gasteiger partial charge in [0.05, 0.1) is 12.8 Å². The molecule has 3 nitrogen and oxygen atoms in total. The van der Waals surface area contributed by atoms with E-state index in [0.29, 0.717) is 6.04 Å². The zero-order valence-electron chi connectivity index (χ0n) is 12.9. The van der Waals surface area contributed by atoms with Gasteiger partial charge in [0.2, 0.25) is 0 Å². The summed E-state index contributed by atoms with van der Waals surface area (Å²) in [5, 5.41) is 0. The van der Waals surface area contributed by atoms with Gasteiger partial charge in [-0.2, -0.15) is 0 Å².